The minimum Gasteiger partial charge on any atom is -0.496 e. The summed E-state index contributed by atoms with van der Waals surface area (Å²) in [6, 6.07) is 9.89. The molecule has 0 bridgehead atoms. The zero-order chi connectivity index (χ0) is 19.6. The number of rotatable bonds is 6. The molecular weight excluding hydrogens is 410 g/mol. The molecule has 0 atom stereocenters. The molecule has 1 N–H and O–H groups in total. The molecule has 3 rings (SSSR count). The number of nitrogens with zero attached hydrogens (tertiary/aromatic N) is 3. The molecule has 1 heterocycles. The molecule has 27 heavy (non-hydrogen) atoms. The Morgan fingerprint density at radius 1 is 1.30 bits per heavy atom. The van der Waals surface area contributed by atoms with Crippen LogP contribution >= 0.6 is 35.4 Å². The van der Waals surface area contributed by atoms with Crippen molar-refractivity contribution in [2.75, 3.05) is 14.2 Å². The van der Waals surface area contributed by atoms with Gasteiger partial charge in [-0.25, -0.2) is 9.07 Å². The molecule has 0 spiro atoms. The molecule has 2 aromatic carbocycles. The number of H-pyrrole nitrogens is 1. The Labute approximate surface area is 171 Å². The smallest absolute Gasteiger partial charge is 0.217 e. The second-order valence-corrected chi connectivity index (χ2v) is 7.19. The van der Waals surface area contributed by atoms with Crippen molar-refractivity contribution < 1.29 is 9.13 Å². The van der Waals surface area contributed by atoms with Crippen molar-refractivity contribution in [3.8, 4) is 17.1 Å². The van der Waals surface area contributed by atoms with E-state index in [1.807, 2.05) is 11.9 Å². The van der Waals surface area contributed by atoms with Crippen LogP contribution in [-0.4, -0.2) is 33.8 Å². The van der Waals surface area contributed by atoms with E-state index in [1.54, 1.807) is 42.1 Å². The Kier molecular flexibility index (Phi) is 6.16. The largest absolute Gasteiger partial charge is 0.496 e. The van der Waals surface area contributed by atoms with Gasteiger partial charge in [-0.05, 0) is 49.6 Å². The summed E-state index contributed by atoms with van der Waals surface area (Å²) in [6.07, 6.45) is 0. The summed E-state index contributed by atoms with van der Waals surface area (Å²) in [6.45, 7) is 0.696. The second kappa shape index (κ2) is 8.39. The highest BCUT2D eigenvalue weighted by Gasteiger charge is 2.14. The average Bonchev–Trinajstić information content (AvgIpc) is 2.98. The summed E-state index contributed by atoms with van der Waals surface area (Å²) < 4.78 is 21.4. The Balaban J connectivity index is 1.83. The van der Waals surface area contributed by atoms with Crippen LogP contribution in [0.5, 0.6) is 5.75 Å². The number of aromatic nitrogens is 3. The van der Waals surface area contributed by atoms with Gasteiger partial charge < -0.3 is 4.74 Å². The third kappa shape index (κ3) is 4.50. The van der Waals surface area contributed by atoms with Gasteiger partial charge >= 0.3 is 0 Å². The molecule has 0 aliphatic carbocycles. The van der Waals surface area contributed by atoms with Gasteiger partial charge in [0.25, 0.3) is 0 Å². The third-order valence-corrected chi connectivity index (χ3v) is 4.87. The number of methoxy groups -OCH3 is 1. The fourth-order valence-corrected chi connectivity index (χ4v) is 3.27. The first-order chi connectivity index (χ1) is 12.9. The highest BCUT2D eigenvalue weighted by Crippen LogP contribution is 2.30. The molecule has 9 heteroatoms. The van der Waals surface area contributed by atoms with Crippen molar-refractivity contribution >= 4 is 35.4 Å². The Morgan fingerprint density at radius 2 is 2.07 bits per heavy atom. The van der Waals surface area contributed by atoms with Crippen LogP contribution in [0, 0.1) is 10.6 Å². The van der Waals surface area contributed by atoms with Crippen LogP contribution in [0.25, 0.3) is 11.4 Å². The first-order valence-corrected chi connectivity index (χ1v) is 9.17. The molecule has 0 aliphatic rings. The molecule has 0 unspecified atom stereocenters. The number of hydrogen-bond acceptors (Lipinski definition) is 4. The maximum atomic E-state index is 14.0. The van der Waals surface area contributed by atoms with Crippen LogP contribution < -0.4 is 4.74 Å². The van der Waals surface area contributed by atoms with E-state index in [0.717, 1.165) is 0 Å². The van der Waals surface area contributed by atoms with Crippen molar-refractivity contribution in [3.05, 3.63) is 62.6 Å². The lowest BCUT2D eigenvalue weighted by atomic mass is 10.2. The fraction of sp³-hybridized carbons (Fsp3) is 0.222. The first-order valence-electron chi connectivity index (χ1n) is 8.01. The summed E-state index contributed by atoms with van der Waals surface area (Å²) in [5, 5.41) is 4.09. The van der Waals surface area contributed by atoms with Gasteiger partial charge in [-0.1, -0.05) is 29.3 Å². The molecular formula is C18H17Cl2FN4OS. The lowest BCUT2D eigenvalue weighted by molar-refractivity contribution is 0.241. The first kappa shape index (κ1) is 19.8. The molecule has 0 radical (unpaired) electrons. The van der Waals surface area contributed by atoms with Gasteiger partial charge in [0.2, 0.25) is 4.77 Å². The van der Waals surface area contributed by atoms with E-state index >= 15 is 0 Å². The topological polar surface area (TPSA) is 46.1 Å². The molecule has 0 aliphatic heterocycles. The van der Waals surface area contributed by atoms with Crippen molar-refractivity contribution in [2.45, 2.75) is 13.2 Å². The van der Waals surface area contributed by atoms with Crippen LogP contribution in [0.2, 0.25) is 10.0 Å². The second-order valence-electron chi connectivity index (χ2n) is 5.98. The maximum absolute atomic E-state index is 14.0. The molecule has 142 valence electrons. The number of halogens is 3. The predicted octanol–water partition coefficient (Wildman–Crippen LogP) is 5.15. The average molecular weight is 427 g/mol. The molecule has 0 fully saturated rings. The summed E-state index contributed by atoms with van der Waals surface area (Å²) in [5.41, 5.74) is 1.14. The molecule has 0 saturated heterocycles. The Hall–Kier alpha value is -1.93. The summed E-state index contributed by atoms with van der Waals surface area (Å²) >= 11 is 17.5. The van der Waals surface area contributed by atoms with Crippen LogP contribution in [0.3, 0.4) is 0 Å². The van der Waals surface area contributed by atoms with Gasteiger partial charge in [-0.2, -0.15) is 4.98 Å². The van der Waals surface area contributed by atoms with Crippen molar-refractivity contribution in [2.24, 2.45) is 0 Å². The molecule has 3 aromatic rings. The minimum absolute atomic E-state index is 0.322. The molecule has 0 saturated carbocycles. The summed E-state index contributed by atoms with van der Waals surface area (Å²) in [4.78, 5) is 6.25. The zero-order valence-electron chi connectivity index (χ0n) is 14.7. The predicted molar refractivity (Wildman–Crippen MR) is 107 cm³/mol. The van der Waals surface area contributed by atoms with Crippen molar-refractivity contribution in [1.82, 2.24) is 19.7 Å². The minimum atomic E-state index is -0.341. The number of ether oxygens (including phenoxy) is 1. The highest BCUT2D eigenvalue weighted by atomic mass is 35.5. The standard InChI is InChI=1S/C18H17Cl2FN4OS/c1-24(9-13-14(20)4-3-5-15(13)21)10-25-18(27)22-17(23-25)12-8-11(19)6-7-16(12)26-2/h3-8H,9-10H2,1-2H3,(H,22,23,27). The monoisotopic (exact) mass is 426 g/mol. The maximum Gasteiger partial charge on any atom is 0.217 e. The van der Waals surface area contributed by atoms with Gasteiger partial charge in [-0.15, -0.1) is 0 Å². The third-order valence-electron chi connectivity index (χ3n) is 3.97. The number of hydrogen-bond donors (Lipinski definition) is 1. The van der Waals surface area contributed by atoms with Crippen LogP contribution in [0.15, 0.2) is 36.4 Å². The molecule has 5 nitrogen and oxygen atoms in total. The van der Waals surface area contributed by atoms with Gasteiger partial charge in [0, 0.05) is 22.2 Å². The Morgan fingerprint density at radius 3 is 2.78 bits per heavy atom. The lowest BCUT2D eigenvalue weighted by Crippen LogP contribution is -2.23. The van der Waals surface area contributed by atoms with Crippen molar-refractivity contribution in [3.63, 3.8) is 0 Å². The van der Waals surface area contributed by atoms with Crippen LogP contribution in [-0.2, 0) is 13.2 Å². The summed E-state index contributed by atoms with van der Waals surface area (Å²) in [7, 11) is 3.41. The fourth-order valence-electron chi connectivity index (χ4n) is 2.68. The van der Waals surface area contributed by atoms with E-state index < -0.39 is 0 Å². The normalized spacial score (nSPS) is 11.2. The number of aromatic amines is 1. The van der Waals surface area contributed by atoms with E-state index in [0.29, 0.717) is 50.7 Å². The quantitative estimate of drug-likeness (QED) is 0.553. The zero-order valence-corrected chi connectivity index (χ0v) is 17.0. The number of nitrogens with one attached hydrogen (secondary N) is 1. The van der Waals surface area contributed by atoms with Gasteiger partial charge in [0.15, 0.2) is 5.82 Å². The summed E-state index contributed by atoms with van der Waals surface area (Å²) in [5.74, 6) is 0.824. The molecule has 1 aromatic heterocycles. The van der Waals surface area contributed by atoms with Gasteiger partial charge in [-0.3, -0.25) is 10.00 Å². The van der Waals surface area contributed by atoms with Gasteiger partial charge in [0.05, 0.1) is 19.3 Å². The van der Waals surface area contributed by atoms with Gasteiger partial charge in [0.1, 0.15) is 11.6 Å². The SMILES string of the molecule is COc1ccc(Cl)cc1-c1nc(=S)n(CN(C)Cc2c(F)cccc2Cl)[nH]1. The Bertz CT molecular complexity index is 1000. The van der Waals surface area contributed by atoms with E-state index in [4.69, 9.17) is 40.2 Å². The number of benzene rings is 2. The van der Waals surface area contributed by atoms with Crippen LogP contribution in [0.4, 0.5) is 4.39 Å². The van der Waals surface area contributed by atoms with E-state index in [1.165, 1.54) is 6.07 Å². The van der Waals surface area contributed by atoms with Crippen LogP contribution in [0.1, 0.15) is 5.56 Å². The van der Waals surface area contributed by atoms with E-state index in [-0.39, 0.29) is 5.82 Å². The highest BCUT2D eigenvalue weighted by molar-refractivity contribution is 7.71. The van der Waals surface area contributed by atoms with E-state index in [9.17, 15) is 4.39 Å². The molecule has 0 amide bonds. The van der Waals surface area contributed by atoms with E-state index in [2.05, 4.69) is 10.1 Å². The van der Waals surface area contributed by atoms with Crippen molar-refractivity contribution in [1.29, 1.82) is 0 Å². The lowest BCUT2D eigenvalue weighted by Gasteiger charge is -2.18.